The van der Waals surface area contributed by atoms with Crippen molar-refractivity contribution in [2.24, 2.45) is 5.92 Å². The van der Waals surface area contributed by atoms with Gasteiger partial charge in [-0.1, -0.05) is 12.1 Å². The Kier molecular flexibility index (Phi) is 5.53. The van der Waals surface area contributed by atoms with Crippen LogP contribution in [0.5, 0.6) is 0 Å². The second kappa shape index (κ2) is 8.12. The number of amides is 1. The number of halogens is 1. The average Bonchev–Trinajstić information content (AvgIpc) is 3.24. The highest BCUT2D eigenvalue weighted by molar-refractivity contribution is 7.89. The van der Waals surface area contributed by atoms with Crippen LogP contribution in [0.15, 0.2) is 65.7 Å². The summed E-state index contributed by atoms with van der Waals surface area (Å²) in [6.07, 6.45) is 2.20. The van der Waals surface area contributed by atoms with Crippen LogP contribution in [-0.2, 0) is 21.4 Å². The van der Waals surface area contributed by atoms with Crippen LogP contribution in [0, 0.1) is 11.7 Å². The van der Waals surface area contributed by atoms with E-state index in [0.717, 1.165) is 28.6 Å². The van der Waals surface area contributed by atoms with Crippen LogP contribution in [0.3, 0.4) is 0 Å². The van der Waals surface area contributed by atoms with E-state index in [2.05, 4.69) is 4.98 Å². The van der Waals surface area contributed by atoms with Gasteiger partial charge in [0.25, 0.3) is 0 Å². The predicted molar refractivity (Wildman–Crippen MR) is 111 cm³/mol. The SMILES string of the molecule is CN(Cc1ccc2ncccc2c1)C(=O)[C@H]1CCN(S(=O)(=O)c2ccc(F)cc2)C1. The fraction of sp³-hybridized carbons (Fsp3) is 0.273. The molecule has 1 atom stereocenters. The Morgan fingerprint density at radius 3 is 2.73 bits per heavy atom. The van der Waals surface area contributed by atoms with E-state index in [9.17, 15) is 17.6 Å². The minimum Gasteiger partial charge on any atom is -0.341 e. The molecule has 1 aliphatic rings. The number of sulfonamides is 1. The highest BCUT2D eigenvalue weighted by Crippen LogP contribution is 2.26. The number of benzene rings is 2. The molecular weight excluding hydrogens is 405 g/mol. The van der Waals surface area contributed by atoms with Gasteiger partial charge in [0, 0.05) is 38.3 Å². The van der Waals surface area contributed by atoms with E-state index in [1.165, 1.54) is 16.4 Å². The number of carbonyl (C=O) groups is 1. The molecule has 156 valence electrons. The minimum atomic E-state index is -3.74. The van der Waals surface area contributed by atoms with Crippen molar-refractivity contribution in [3.8, 4) is 0 Å². The summed E-state index contributed by atoms with van der Waals surface area (Å²) in [4.78, 5) is 18.9. The Bertz CT molecular complexity index is 1180. The summed E-state index contributed by atoms with van der Waals surface area (Å²) in [5, 5.41) is 1.01. The van der Waals surface area contributed by atoms with Gasteiger partial charge in [0.05, 0.1) is 16.3 Å². The second-order valence-corrected chi connectivity index (χ2v) is 9.47. The predicted octanol–water partition coefficient (Wildman–Crippen LogP) is 3.04. The third kappa shape index (κ3) is 4.06. The monoisotopic (exact) mass is 427 g/mol. The van der Waals surface area contributed by atoms with Gasteiger partial charge in [-0.2, -0.15) is 4.31 Å². The molecule has 0 aliphatic carbocycles. The maximum absolute atomic E-state index is 13.1. The maximum atomic E-state index is 13.1. The zero-order valence-corrected chi connectivity index (χ0v) is 17.3. The summed E-state index contributed by atoms with van der Waals surface area (Å²) in [5.41, 5.74) is 1.88. The Labute approximate surface area is 175 Å². The molecule has 6 nitrogen and oxygen atoms in total. The van der Waals surface area contributed by atoms with Crippen LogP contribution in [0.25, 0.3) is 10.9 Å². The van der Waals surface area contributed by atoms with Crippen LogP contribution < -0.4 is 0 Å². The zero-order chi connectivity index (χ0) is 21.3. The van der Waals surface area contributed by atoms with Crippen molar-refractivity contribution >= 4 is 26.8 Å². The average molecular weight is 428 g/mol. The molecule has 1 aliphatic heterocycles. The quantitative estimate of drug-likeness (QED) is 0.628. The summed E-state index contributed by atoms with van der Waals surface area (Å²) in [6.45, 7) is 0.834. The van der Waals surface area contributed by atoms with Gasteiger partial charge in [-0.3, -0.25) is 9.78 Å². The number of hydrogen-bond acceptors (Lipinski definition) is 4. The fourth-order valence-corrected chi connectivity index (χ4v) is 5.29. The lowest BCUT2D eigenvalue weighted by Gasteiger charge is -2.22. The molecule has 30 heavy (non-hydrogen) atoms. The maximum Gasteiger partial charge on any atom is 0.243 e. The summed E-state index contributed by atoms with van der Waals surface area (Å²) >= 11 is 0. The van der Waals surface area contributed by atoms with Gasteiger partial charge in [-0.25, -0.2) is 12.8 Å². The van der Waals surface area contributed by atoms with E-state index >= 15 is 0 Å². The molecule has 1 saturated heterocycles. The second-order valence-electron chi connectivity index (χ2n) is 7.53. The van der Waals surface area contributed by atoms with Crippen molar-refractivity contribution in [2.75, 3.05) is 20.1 Å². The summed E-state index contributed by atoms with van der Waals surface area (Å²) in [6, 6.07) is 14.5. The van der Waals surface area contributed by atoms with Gasteiger partial charge >= 0.3 is 0 Å². The van der Waals surface area contributed by atoms with E-state index in [0.29, 0.717) is 13.0 Å². The molecule has 8 heteroatoms. The molecule has 0 N–H and O–H groups in total. The molecule has 1 fully saturated rings. The van der Waals surface area contributed by atoms with Crippen molar-refractivity contribution in [2.45, 2.75) is 17.9 Å². The largest absolute Gasteiger partial charge is 0.341 e. The Morgan fingerprint density at radius 2 is 1.97 bits per heavy atom. The van der Waals surface area contributed by atoms with E-state index in [-0.39, 0.29) is 23.9 Å². The van der Waals surface area contributed by atoms with E-state index in [1.54, 1.807) is 18.1 Å². The molecule has 2 aromatic carbocycles. The van der Waals surface area contributed by atoms with E-state index < -0.39 is 21.8 Å². The Hall–Kier alpha value is -2.84. The Morgan fingerprint density at radius 1 is 1.20 bits per heavy atom. The van der Waals surface area contributed by atoms with Crippen molar-refractivity contribution < 1.29 is 17.6 Å². The van der Waals surface area contributed by atoms with E-state index in [4.69, 9.17) is 0 Å². The van der Waals surface area contributed by atoms with Gasteiger partial charge in [0.2, 0.25) is 15.9 Å². The normalized spacial score (nSPS) is 17.3. The Balaban J connectivity index is 1.42. The highest BCUT2D eigenvalue weighted by atomic mass is 32.2. The molecule has 3 aromatic rings. The molecule has 1 aromatic heterocycles. The van der Waals surface area contributed by atoms with Crippen LogP contribution in [0.1, 0.15) is 12.0 Å². The smallest absolute Gasteiger partial charge is 0.243 e. The molecule has 0 radical (unpaired) electrons. The molecule has 0 unspecified atom stereocenters. The number of fused-ring (bicyclic) bond motifs is 1. The first-order valence-corrected chi connectivity index (χ1v) is 11.1. The van der Waals surface area contributed by atoms with Gasteiger partial charge < -0.3 is 4.90 Å². The topological polar surface area (TPSA) is 70.6 Å². The molecule has 1 amide bonds. The van der Waals surface area contributed by atoms with Gasteiger partial charge in [-0.15, -0.1) is 0 Å². The number of rotatable bonds is 5. The van der Waals surface area contributed by atoms with Gasteiger partial charge in [-0.05, 0) is 54.4 Å². The van der Waals surface area contributed by atoms with Crippen molar-refractivity contribution in [1.29, 1.82) is 0 Å². The highest BCUT2D eigenvalue weighted by Gasteiger charge is 2.36. The molecule has 0 saturated carbocycles. The van der Waals surface area contributed by atoms with Crippen LogP contribution in [0.2, 0.25) is 0 Å². The molecule has 0 bridgehead atoms. The van der Waals surface area contributed by atoms with Crippen molar-refractivity contribution in [1.82, 2.24) is 14.2 Å². The molecule has 2 heterocycles. The molecule has 0 spiro atoms. The standard InChI is InChI=1S/C22H22FN3O3S/c1-25(14-16-4-9-21-17(13-16)3-2-11-24-21)22(27)18-10-12-26(15-18)30(28,29)20-7-5-19(23)6-8-20/h2-9,11,13,18H,10,12,14-15H2,1H3/t18-/m0/s1. The lowest BCUT2D eigenvalue weighted by Crippen LogP contribution is -2.35. The number of carbonyl (C=O) groups excluding carboxylic acids is 1. The van der Waals surface area contributed by atoms with Crippen LogP contribution >= 0.6 is 0 Å². The van der Waals surface area contributed by atoms with E-state index in [1.807, 2.05) is 30.3 Å². The molecular formula is C22H22FN3O3S. The van der Waals surface area contributed by atoms with Gasteiger partial charge in [0.15, 0.2) is 0 Å². The van der Waals surface area contributed by atoms with Gasteiger partial charge in [0.1, 0.15) is 5.82 Å². The summed E-state index contributed by atoms with van der Waals surface area (Å²) < 4.78 is 40.0. The van der Waals surface area contributed by atoms with Crippen LogP contribution in [-0.4, -0.2) is 48.7 Å². The van der Waals surface area contributed by atoms with Crippen molar-refractivity contribution in [3.05, 3.63) is 72.2 Å². The lowest BCUT2D eigenvalue weighted by atomic mass is 10.1. The number of aromatic nitrogens is 1. The third-order valence-corrected chi connectivity index (χ3v) is 7.29. The summed E-state index contributed by atoms with van der Waals surface area (Å²) in [5.74, 6) is -0.972. The molecule has 4 rings (SSSR count). The first-order valence-electron chi connectivity index (χ1n) is 9.69. The number of pyridine rings is 1. The first-order chi connectivity index (χ1) is 14.3. The van der Waals surface area contributed by atoms with Crippen LogP contribution in [0.4, 0.5) is 4.39 Å². The third-order valence-electron chi connectivity index (χ3n) is 5.42. The lowest BCUT2D eigenvalue weighted by molar-refractivity contribution is -0.134. The fourth-order valence-electron chi connectivity index (χ4n) is 3.79. The minimum absolute atomic E-state index is 0.0372. The van der Waals surface area contributed by atoms with Crippen molar-refractivity contribution in [3.63, 3.8) is 0 Å². The number of hydrogen-bond donors (Lipinski definition) is 0. The first kappa shape index (κ1) is 20.4. The summed E-state index contributed by atoms with van der Waals surface area (Å²) in [7, 11) is -2.01. The number of nitrogens with zero attached hydrogens (tertiary/aromatic N) is 3. The zero-order valence-electron chi connectivity index (χ0n) is 16.5.